The van der Waals surface area contributed by atoms with Gasteiger partial charge in [-0.05, 0) is 95.4 Å². The molecule has 1 N–H and O–H groups in total. The van der Waals surface area contributed by atoms with Crippen molar-refractivity contribution in [2.24, 2.45) is 17.8 Å². The number of nitrogens with one attached hydrogen (secondary N) is 1. The molecule has 1 saturated heterocycles. The highest BCUT2D eigenvalue weighted by Gasteiger charge is 2.32. The number of hydrogen-bond donors (Lipinski definition) is 1. The lowest BCUT2D eigenvalue weighted by Gasteiger charge is -2.34. The lowest BCUT2D eigenvalue weighted by Crippen LogP contribution is -2.42. The molecule has 7 heteroatoms. The van der Waals surface area contributed by atoms with Gasteiger partial charge in [-0.3, -0.25) is 14.5 Å². The average Bonchev–Trinajstić information content (AvgIpc) is 3.07. The fourth-order valence-electron chi connectivity index (χ4n) is 6.51. The highest BCUT2D eigenvalue weighted by Crippen LogP contribution is 2.33. The van der Waals surface area contributed by atoms with Crippen molar-refractivity contribution < 1.29 is 19.1 Å². The molecule has 0 aromatic heterocycles. The van der Waals surface area contributed by atoms with Crippen LogP contribution in [0.2, 0.25) is 0 Å². The van der Waals surface area contributed by atoms with E-state index in [4.69, 9.17) is 9.47 Å². The summed E-state index contributed by atoms with van der Waals surface area (Å²) in [6.07, 6.45) is 10.9. The molecule has 0 spiro atoms. The molecule has 41 heavy (non-hydrogen) atoms. The summed E-state index contributed by atoms with van der Waals surface area (Å²) in [4.78, 5) is 30.9. The van der Waals surface area contributed by atoms with Crippen molar-refractivity contribution in [3.8, 4) is 0 Å². The lowest BCUT2D eigenvalue weighted by molar-refractivity contribution is -0.162. The summed E-state index contributed by atoms with van der Waals surface area (Å²) in [5.74, 6) is 0.898. The molecule has 0 radical (unpaired) electrons. The Kier molecular flexibility index (Phi) is 10.9. The van der Waals surface area contributed by atoms with Crippen LogP contribution in [0.25, 0.3) is 12.3 Å². The monoisotopic (exact) mass is 567 g/mol. The van der Waals surface area contributed by atoms with Crippen molar-refractivity contribution in [1.82, 2.24) is 15.1 Å². The third-order valence-corrected chi connectivity index (χ3v) is 9.17. The highest BCUT2D eigenvalue weighted by atomic mass is 16.6. The lowest BCUT2D eigenvalue weighted by atomic mass is 9.79. The Bertz CT molecular complexity index is 1170. The third-order valence-electron chi connectivity index (χ3n) is 9.17. The smallest absolute Gasteiger partial charge is 0.309 e. The number of fused-ring (bicyclic) bond motifs is 1. The van der Waals surface area contributed by atoms with Crippen molar-refractivity contribution in [3.63, 3.8) is 0 Å². The number of benzene rings is 1. The maximum Gasteiger partial charge on any atom is 0.309 e. The maximum atomic E-state index is 13.2. The molecular formula is C34H53N3O4. The Hall–Kier alpha value is -2.38. The topological polar surface area (TPSA) is 71.1 Å². The average molecular weight is 568 g/mol. The van der Waals surface area contributed by atoms with Gasteiger partial charge in [0.2, 0.25) is 0 Å². The highest BCUT2D eigenvalue weighted by molar-refractivity contribution is 5.95. The van der Waals surface area contributed by atoms with E-state index in [1.54, 1.807) is 0 Å². The first-order chi connectivity index (χ1) is 19.5. The van der Waals surface area contributed by atoms with Crippen LogP contribution in [0.4, 0.5) is 0 Å². The summed E-state index contributed by atoms with van der Waals surface area (Å²) in [6, 6.07) is 4.49. The van der Waals surface area contributed by atoms with Gasteiger partial charge in [0.25, 0.3) is 5.91 Å². The van der Waals surface area contributed by atoms with Gasteiger partial charge < -0.3 is 19.7 Å². The quantitative estimate of drug-likeness (QED) is 0.505. The predicted octanol–water partition coefficient (Wildman–Crippen LogP) is 3.84. The molecule has 1 aromatic rings. The van der Waals surface area contributed by atoms with Gasteiger partial charge >= 0.3 is 5.97 Å². The number of hydrogen-bond acceptors (Lipinski definition) is 6. The van der Waals surface area contributed by atoms with Gasteiger partial charge in [-0.15, -0.1) is 0 Å². The Balaban J connectivity index is 1.41. The zero-order valence-electron chi connectivity index (χ0n) is 26.3. The van der Waals surface area contributed by atoms with E-state index in [1.165, 1.54) is 10.4 Å². The number of esters is 1. The summed E-state index contributed by atoms with van der Waals surface area (Å²) in [6.45, 7) is 18.4. The van der Waals surface area contributed by atoms with Gasteiger partial charge in [-0.2, -0.15) is 0 Å². The minimum atomic E-state index is -0.435. The summed E-state index contributed by atoms with van der Waals surface area (Å²) >= 11 is 0. The van der Waals surface area contributed by atoms with Gasteiger partial charge in [0.1, 0.15) is 5.60 Å². The summed E-state index contributed by atoms with van der Waals surface area (Å²) in [7, 11) is 0. The van der Waals surface area contributed by atoms with Crippen LogP contribution in [0.3, 0.4) is 0 Å². The van der Waals surface area contributed by atoms with E-state index in [2.05, 4.69) is 54.2 Å². The van der Waals surface area contributed by atoms with E-state index in [1.807, 2.05) is 26.8 Å². The molecule has 4 unspecified atom stereocenters. The second kappa shape index (κ2) is 14.2. The van der Waals surface area contributed by atoms with E-state index < -0.39 is 5.60 Å². The summed E-state index contributed by atoms with van der Waals surface area (Å²) < 4.78 is 11.2. The van der Waals surface area contributed by atoms with E-state index in [0.29, 0.717) is 24.4 Å². The number of carbonyl (C=O) groups excluding carboxylic acids is 2. The van der Waals surface area contributed by atoms with Crippen molar-refractivity contribution in [1.29, 1.82) is 0 Å². The molecule has 3 aliphatic rings. The molecule has 1 aromatic carbocycles. The van der Waals surface area contributed by atoms with Gasteiger partial charge in [0.15, 0.2) is 0 Å². The number of carbonyl (C=O) groups is 2. The number of morpholine rings is 1. The standard InChI is InChI=1S/C34H53N3O4/c1-24-10-12-27(8-7-9-29(24)33(39)41-34(4,5)6)22-37-23-31-26(3)30(15-14-28(31)13-11-25(37)2)32(38)35-16-17-36-18-20-40-21-19-36/h13-15,23-25,27,29H,7-12,16-22H2,1-6H3,(H,35,38). The van der Waals surface area contributed by atoms with Crippen LogP contribution >= 0.6 is 0 Å². The molecule has 7 nitrogen and oxygen atoms in total. The first-order valence-corrected chi connectivity index (χ1v) is 15.9. The molecule has 228 valence electrons. The predicted molar refractivity (Wildman–Crippen MR) is 165 cm³/mol. The van der Waals surface area contributed by atoms with Crippen LogP contribution < -0.4 is 15.8 Å². The largest absolute Gasteiger partial charge is 0.460 e. The van der Waals surface area contributed by atoms with Crippen LogP contribution in [0.1, 0.15) is 89.1 Å². The second-order valence-corrected chi connectivity index (χ2v) is 13.6. The Morgan fingerprint density at radius 1 is 1.07 bits per heavy atom. The molecule has 1 amide bonds. The van der Waals surface area contributed by atoms with Gasteiger partial charge in [0, 0.05) is 55.7 Å². The zero-order chi connectivity index (χ0) is 29.6. The van der Waals surface area contributed by atoms with Crippen molar-refractivity contribution in [2.45, 2.75) is 91.7 Å². The van der Waals surface area contributed by atoms with Crippen LogP contribution in [0.5, 0.6) is 0 Å². The normalized spacial score (nSPS) is 26.0. The van der Waals surface area contributed by atoms with Crippen LogP contribution in [0.15, 0.2) is 12.1 Å². The third kappa shape index (κ3) is 8.81. The summed E-state index contributed by atoms with van der Waals surface area (Å²) in [5.41, 5.74) is 1.38. The zero-order valence-corrected chi connectivity index (χ0v) is 26.3. The number of nitrogens with zero attached hydrogens (tertiary/aromatic N) is 2. The van der Waals surface area contributed by atoms with E-state index in [9.17, 15) is 9.59 Å². The van der Waals surface area contributed by atoms with Crippen LogP contribution in [-0.2, 0) is 14.3 Å². The van der Waals surface area contributed by atoms with Crippen molar-refractivity contribution in [3.05, 3.63) is 33.7 Å². The minimum Gasteiger partial charge on any atom is -0.460 e. The van der Waals surface area contributed by atoms with Crippen molar-refractivity contribution in [2.75, 3.05) is 45.9 Å². The minimum absolute atomic E-state index is 0.00131. The number of amides is 1. The van der Waals surface area contributed by atoms with Crippen LogP contribution in [-0.4, -0.2) is 79.3 Å². The van der Waals surface area contributed by atoms with E-state index in [-0.39, 0.29) is 17.8 Å². The Morgan fingerprint density at radius 2 is 1.83 bits per heavy atom. The molecular weight excluding hydrogens is 514 g/mol. The molecule has 4 rings (SSSR count). The van der Waals surface area contributed by atoms with Crippen LogP contribution in [0, 0.1) is 24.7 Å². The first-order valence-electron chi connectivity index (χ1n) is 15.9. The Morgan fingerprint density at radius 3 is 2.56 bits per heavy atom. The Labute approximate surface area is 247 Å². The fourth-order valence-corrected chi connectivity index (χ4v) is 6.51. The molecule has 1 aliphatic carbocycles. The number of ether oxygens (including phenoxy) is 2. The molecule has 2 fully saturated rings. The molecule has 0 bridgehead atoms. The van der Waals surface area contributed by atoms with Gasteiger partial charge in [-0.25, -0.2) is 0 Å². The molecule has 4 atom stereocenters. The SMILES string of the molecule is Cc1c(C(=O)NCCN2CCOCC2)ccc2c1=CN(CC1CCCC(C(=O)OC(C)(C)C)C(C)CC1)C(C)CC=2. The van der Waals surface area contributed by atoms with Crippen molar-refractivity contribution >= 4 is 24.2 Å². The second-order valence-electron chi connectivity index (χ2n) is 13.6. The van der Waals surface area contributed by atoms with Gasteiger partial charge in [-0.1, -0.05) is 25.5 Å². The fraction of sp³-hybridized carbons (Fsp3) is 0.706. The van der Waals surface area contributed by atoms with E-state index >= 15 is 0 Å². The molecule has 2 aliphatic heterocycles. The van der Waals surface area contributed by atoms with Gasteiger partial charge in [0.05, 0.1) is 19.1 Å². The van der Waals surface area contributed by atoms with E-state index in [0.717, 1.165) is 89.0 Å². The molecule has 1 saturated carbocycles. The summed E-state index contributed by atoms with van der Waals surface area (Å²) in [5, 5.41) is 5.53. The first kappa shape index (κ1) is 31.6. The maximum absolute atomic E-state index is 13.2. The number of rotatable bonds is 7. The molecule has 2 heterocycles.